The van der Waals surface area contributed by atoms with Crippen molar-refractivity contribution in [2.75, 3.05) is 6.54 Å². The van der Waals surface area contributed by atoms with Gasteiger partial charge in [-0.3, -0.25) is 9.69 Å². The molecule has 1 saturated heterocycles. The van der Waals surface area contributed by atoms with Crippen molar-refractivity contribution in [3.8, 4) is 0 Å². The van der Waals surface area contributed by atoms with Gasteiger partial charge >= 0.3 is 5.97 Å². The fourth-order valence-corrected chi connectivity index (χ4v) is 2.75. The van der Waals surface area contributed by atoms with E-state index in [9.17, 15) is 9.59 Å². The molecule has 2 heterocycles. The molecule has 5 nitrogen and oxygen atoms in total. The number of aliphatic carboxylic acids is 1. The van der Waals surface area contributed by atoms with Crippen LogP contribution in [-0.4, -0.2) is 33.8 Å². The molecule has 0 aromatic rings. The maximum Gasteiger partial charge on any atom is 0.353 e. The second-order valence-corrected chi connectivity index (χ2v) is 4.09. The largest absolute Gasteiger partial charge is 0.477 e. The first kappa shape index (κ1) is 8.58. The Morgan fingerprint density at radius 1 is 1.77 bits per heavy atom. The van der Waals surface area contributed by atoms with Crippen molar-refractivity contribution in [1.29, 1.82) is 0 Å². The van der Waals surface area contributed by atoms with Gasteiger partial charge in [-0.1, -0.05) is 0 Å². The number of carbonyl (C=O) groups excluding carboxylic acids is 1. The Kier molecular flexibility index (Phi) is 1.81. The van der Waals surface area contributed by atoms with Crippen LogP contribution in [0.1, 0.15) is 6.42 Å². The highest BCUT2D eigenvalue weighted by molar-refractivity contribution is 8.04. The van der Waals surface area contributed by atoms with Gasteiger partial charge in [0.15, 0.2) is 0 Å². The van der Waals surface area contributed by atoms with Gasteiger partial charge in [-0.25, -0.2) is 4.79 Å². The fourth-order valence-electron chi connectivity index (χ4n) is 1.47. The summed E-state index contributed by atoms with van der Waals surface area (Å²) in [4.78, 5) is 23.8. The molecule has 13 heavy (non-hydrogen) atoms. The molecule has 6 heteroatoms. The quantitative estimate of drug-likeness (QED) is 0.590. The average molecular weight is 200 g/mol. The molecule has 70 valence electrons. The molecule has 0 saturated carbocycles. The van der Waals surface area contributed by atoms with E-state index < -0.39 is 5.97 Å². The van der Waals surface area contributed by atoms with Crippen LogP contribution in [0.25, 0.3) is 0 Å². The number of hydrogen-bond acceptors (Lipinski definition) is 4. The maximum absolute atomic E-state index is 11.1. The van der Waals surface area contributed by atoms with Gasteiger partial charge in [0.1, 0.15) is 5.70 Å². The Bertz CT molecular complexity index is 326. The van der Waals surface area contributed by atoms with E-state index in [0.717, 1.165) is 0 Å². The van der Waals surface area contributed by atoms with Gasteiger partial charge in [-0.2, -0.15) is 0 Å². The van der Waals surface area contributed by atoms with Crippen molar-refractivity contribution in [3.05, 3.63) is 10.6 Å². The Balaban J connectivity index is 2.34. The molecule has 0 bridgehead atoms. The Hall–Kier alpha value is -1.01. The van der Waals surface area contributed by atoms with Crippen LogP contribution in [0.4, 0.5) is 0 Å². The molecule has 0 unspecified atom stereocenters. The minimum atomic E-state index is -1.07. The summed E-state index contributed by atoms with van der Waals surface area (Å²) in [6, 6.07) is 0. The third kappa shape index (κ3) is 1.06. The number of carboxylic acid groups (broad SMARTS) is 1. The summed E-state index contributed by atoms with van der Waals surface area (Å²) in [5.41, 5.74) is 5.46. The first-order chi connectivity index (χ1) is 6.15. The predicted molar refractivity (Wildman–Crippen MR) is 46.6 cm³/mol. The van der Waals surface area contributed by atoms with E-state index in [1.54, 1.807) is 0 Å². The molecule has 2 rings (SSSR count). The lowest BCUT2D eigenvalue weighted by atomic mass is 10.1. The molecule has 0 aromatic heterocycles. The highest BCUT2D eigenvalue weighted by atomic mass is 32.2. The van der Waals surface area contributed by atoms with Crippen LogP contribution in [0.5, 0.6) is 0 Å². The van der Waals surface area contributed by atoms with Crippen LogP contribution in [0.2, 0.25) is 0 Å². The van der Waals surface area contributed by atoms with Gasteiger partial charge in [0.25, 0.3) is 0 Å². The van der Waals surface area contributed by atoms with E-state index in [1.807, 2.05) is 0 Å². The Labute approximate surface area is 78.6 Å². The monoisotopic (exact) mass is 200 g/mol. The first-order valence-electron chi connectivity index (χ1n) is 3.80. The topological polar surface area (TPSA) is 83.6 Å². The van der Waals surface area contributed by atoms with Crippen LogP contribution in [0.3, 0.4) is 0 Å². The van der Waals surface area contributed by atoms with Crippen molar-refractivity contribution in [2.24, 2.45) is 5.73 Å². The smallest absolute Gasteiger partial charge is 0.353 e. The molecule has 0 aromatic carbocycles. The average Bonchev–Trinajstić information content (AvgIpc) is 2.37. The minimum absolute atomic E-state index is 0.0165. The SMILES string of the molecule is NCC1=C(C(=O)O)N2C(=O)C[C@@H]2S1. The van der Waals surface area contributed by atoms with Crippen molar-refractivity contribution in [2.45, 2.75) is 11.8 Å². The van der Waals surface area contributed by atoms with Crippen LogP contribution in [0.15, 0.2) is 10.6 Å². The van der Waals surface area contributed by atoms with Crippen LogP contribution in [-0.2, 0) is 9.59 Å². The molecular formula is C7H8N2O3S. The lowest BCUT2D eigenvalue weighted by Crippen LogP contribution is -2.48. The van der Waals surface area contributed by atoms with E-state index >= 15 is 0 Å². The first-order valence-corrected chi connectivity index (χ1v) is 4.68. The van der Waals surface area contributed by atoms with Crippen molar-refractivity contribution >= 4 is 23.6 Å². The highest BCUT2D eigenvalue weighted by Crippen LogP contribution is 2.45. The van der Waals surface area contributed by atoms with E-state index in [1.165, 1.54) is 16.7 Å². The molecule has 0 radical (unpaired) electrons. The molecule has 2 aliphatic rings. The molecular weight excluding hydrogens is 192 g/mol. The van der Waals surface area contributed by atoms with Gasteiger partial charge in [-0.15, -0.1) is 11.8 Å². The number of fused-ring (bicyclic) bond motifs is 1. The van der Waals surface area contributed by atoms with Crippen molar-refractivity contribution in [3.63, 3.8) is 0 Å². The van der Waals surface area contributed by atoms with Crippen molar-refractivity contribution in [1.82, 2.24) is 4.90 Å². The number of β-lactam (4-membered cyclic amide) rings is 1. The summed E-state index contributed by atoms with van der Waals surface area (Å²) in [6.45, 7) is 0.187. The zero-order valence-electron chi connectivity index (χ0n) is 6.69. The third-order valence-electron chi connectivity index (χ3n) is 2.08. The molecule has 0 spiro atoms. The van der Waals surface area contributed by atoms with Crippen LogP contribution < -0.4 is 5.73 Å². The summed E-state index contributed by atoms with van der Waals surface area (Å²) in [6.07, 6.45) is 0.422. The van der Waals surface area contributed by atoms with E-state index in [-0.39, 0.29) is 23.5 Å². The van der Waals surface area contributed by atoms with Gasteiger partial charge in [0.05, 0.1) is 11.8 Å². The van der Waals surface area contributed by atoms with E-state index in [2.05, 4.69) is 0 Å². The summed E-state index contributed by atoms with van der Waals surface area (Å²) in [7, 11) is 0. The number of carboxylic acids is 1. The normalized spacial score (nSPS) is 26.1. The third-order valence-corrected chi connectivity index (χ3v) is 3.37. The van der Waals surface area contributed by atoms with Crippen LogP contribution >= 0.6 is 11.8 Å². The van der Waals surface area contributed by atoms with Gasteiger partial charge in [-0.05, 0) is 0 Å². The summed E-state index contributed by atoms with van der Waals surface area (Å²) >= 11 is 1.38. The molecule has 1 amide bonds. The lowest BCUT2D eigenvalue weighted by molar-refractivity contribution is -0.145. The fraction of sp³-hybridized carbons (Fsp3) is 0.429. The second kappa shape index (κ2) is 2.74. The number of hydrogen-bond donors (Lipinski definition) is 2. The summed E-state index contributed by atoms with van der Waals surface area (Å²) < 4.78 is 0. The van der Waals surface area contributed by atoms with Gasteiger partial charge < -0.3 is 10.8 Å². The molecule has 0 aliphatic carbocycles. The number of rotatable bonds is 2. The second-order valence-electron chi connectivity index (χ2n) is 2.82. The highest BCUT2D eigenvalue weighted by Gasteiger charge is 2.47. The van der Waals surface area contributed by atoms with Gasteiger partial charge in [0, 0.05) is 11.4 Å². The predicted octanol–water partition coefficient (Wildman–Crippen LogP) is -0.453. The Morgan fingerprint density at radius 3 is 2.92 bits per heavy atom. The molecule has 3 N–H and O–H groups in total. The van der Waals surface area contributed by atoms with E-state index in [0.29, 0.717) is 11.3 Å². The molecule has 1 atom stereocenters. The van der Waals surface area contributed by atoms with Gasteiger partial charge in [0.2, 0.25) is 5.91 Å². The number of amides is 1. The number of thioether (sulfide) groups is 1. The minimum Gasteiger partial charge on any atom is -0.477 e. The number of nitrogens with two attached hydrogens (primary N) is 1. The summed E-state index contributed by atoms with van der Waals surface area (Å²) in [5, 5.41) is 8.82. The Morgan fingerprint density at radius 2 is 2.46 bits per heavy atom. The van der Waals surface area contributed by atoms with E-state index in [4.69, 9.17) is 10.8 Å². The molecule has 1 fully saturated rings. The van der Waals surface area contributed by atoms with Crippen molar-refractivity contribution < 1.29 is 14.7 Å². The number of nitrogens with zero attached hydrogens (tertiary/aromatic N) is 1. The summed E-state index contributed by atoms with van der Waals surface area (Å²) in [5.74, 6) is -1.19. The molecule has 2 aliphatic heterocycles. The lowest BCUT2D eigenvalue weighted by Gasteiger charge is -2.33. The maximum atomic E-state index is 11.1. The zero-order valence-corrected chi connectivity index (χ0v) is 7.50. The number of carbonyl (C=O) groups is 2. The van der Waals surface area contributed by atoms with Crippen LogP contribution in [0, 0.1) is 0 Å². The standard InChI is InChI=1S/C7H8N2O3S/c8-2-3-6(7(11)12)9-4(10)1-5(9)13-3/h5H,1-2,8H2,(H,11,12)/t5-/m0/s1. The zero-order chi connectivity index (χ0) is 9.59.